The summed E-state index contributed by atoms with van der Waals surface area (Å²) in [5.74, 6) is 0.148. The minimum Gasteiger partial charge on any atom is -0.492 e. The Morgan fingerprint density at radius 2 is 1.82 bits per heavy atom. The van der Waals surface area contributed by atoms with E-state index < -0.39 is 17.4 Å². The van der Waals surface area contributed by atoms with Gasteiger partial charge in [0.2, 0.25) is 0 Å². The van der Waals surface area contributed by atoms with Gasteiger partial charge in [0.1, 0.15) is 23.7 Å². The molecule has 3 aromatic rings. The maximum absolute atomic E-state index is 13.0. The van der Waals surface area contributed by atoms with Crippen LogP contribution < -0.4 is 14.9 Å². The van der Waals surface area contributed by atoms with Gasteiger partial charge >= 0.3 is 5.97 Å². The van der Waals surface area contributed by atoms with Crippen LogP contribution in [0.25, 0.3) is 11.3 Å². The molecule has 0 aliphatic carbocycles. The monoisotopic (exact) mass is 543 g/mol. The van der Waals surface area contributed by atoms with Gasteiger partial charge in [0, 0.05) is 44.0 Å². The van der Waals surface area contributed by atoms with Crippen molar-refractivity contribution in [3.05, 3.63) is 81.1 Å². The molecule has 1 heterocycles. The molecule has 0 spiro atoms. The quantitative estimate of drug-likeness (QED) is 0.218. The minimum atomic E-state index is -0.719. The van der Waals surface area contributed by atoms with Gasteiger partial charge in [0.25, 0.3) is 0 Å². The van der Waals surface area contributed by atoms with Crippen molar-refractivity contribution in [1.82, 2.24) is 4.57 Å². The number of aliphatic hydroxyl groups is 1. The summed E-state index contributed by atoms with van der Waals surface area (Å²) in [6, 6.07) is 14.0. The lowest BCUT2D eigenvalue weighted by atomic mass is 10.1. The lowest BCUT2D eigenvalue weighted by Gasteiger charge is -2.24. The van der Waals surface area contributed by atoms with E-state index in [-0.39, 0.29) is 25.4 Å². The van der Waals surface area contributed by atoms with Crippen LogP contribution in [0.1, 0.15) is 48.7 Å². The first kappa shape index (κ1) is 29.2. The first-order chi connectivity index (χ1) is 18.4. The summed E-state index contributed by atoms with van der Waals surface area (Å²) >= 11 is 6.62. The molecule has 204 valence electrons. The van der Waals surface area contributed by atoms with E-state index in [1.54, 1.807) is 30.7 Å². The number of hydrogen-bond acceptors (Lipinski definition) is 7. The molecule has 0 unspecified atom stereocenters. The summed E-state index contributed by atoms with van der Waals surface area (Å²) in [6.07, 6.45) is 2.66. The molecule has 0 saturated heterocycles. The van der Waals surface area contributed by atoms with Gasteiger partial charge in [-0.05, 0) is 25.0 Å². The van der Waals surface area contributed by atoms with Crippen LogP contribution in [0.2, 0.25) is 5.02 Å². The van der Waals surface area contributed by atoms with Crippen molar-refractivity contribution in [3.63, 3.8) is 0 Å². The second-order valence-corrected chi connectivity index (χ2v) is 8.96. The molecular formula is C29H34ClNO7. The topological polar surface area (TPSA) is 96.2 Å². The van der Waals surface area contributed by atoms with Gasteiger partial charge in [-0.15, -0.1) is 0 Å². The number of pyridine rings is 1. The van der Waals surface area contributed by atoms with Gasteiger partial charge < -0.3 is 28.6 Å². The van der Waals surface area contributed by atoms with Crippen molar-refractivity contribution >= 4 is 17.6 Å². The Labute approximate surface area is 227 Å². The number of carbonyl (C=O) groups is 1. The third-order valence-electron chi connectivity index (χ3n) is 5.95. The average Bonchev–Trinajstić information content (AvgIpc) is 2.92. The van der Waals surface area contributed by atoms with Crippen molar-refractivity contribution in [1.29, 1.82) is 0 Å². The Bertz CT molecular complexity index is 1260. The zero-order chi connectivity index (χ0) is 27.5. The number of aliphatic hydroxyl groups excluding tert-OH is 1. The molecule has 0 bridgehead atoms. The molecule has 0 amide bonds. The van der Waals surface area contributed by atoms with Crippen LogP contribution in [0.15, 0.2) is 59.5 Å². The van der Waals surface area contributed by atoms with Crippen LogP contribution >= 0.6 is 11.6 Å². The van der Waals surface area contributed by atoms with Crippen LogP contribution in [0.3, 0.4) is 0 Å². The van der Waals surface area contributed by atoms with E-state index in [4.69, 9.17) is 30.5 Å². The number of benzene rings is 2. The third kappa shape index (κ3) is 7.37. The number of ether oxygens (including phenoxy) is 4. The lowest BCUT2D eigenvalue weighted by molar-refractivity contribution is 0.0523. The van der Waals surface area contributed by atoms with E-state index in [0.29, 0.717) is 53.8 Å². The molecule has 1 atom stereocenters. The van der Waals surface area contributed by atoms with E-state index >= 15 is 0 Å². The zero-order valence-corrected chi connectivity index (χ0v) is 22.7. The number of halogens is 1. The molecular weight excluding hydrogens is 510 g/mol. The Hall–Kier alpha value is -3.33. The number of hydrogen-bond donors (Lipinski definition) is 1. The summed E-state index contributed by atoms with van der Waals surface area (Å²) < 4.78 is 24.0. The standard InChI is InChI=1S/C29H34ClNO7/c1-4-21(18-32)31-17-23(29(34)36-5-2)26(33)15-25(31)22-14-24(30)28(37-13-9-12-35-3)16-27(22)38-19-20-10-7-6-8-11-20/h6-8,10-11,14-17,21,32H,4-5,9,12-13,18-19H2,1-3H3/t21-/m1/s1. The molecule has 1 aromatic heterocycles. The molecule has 0 saturated carbocycles. The molecule has 0 aliphatic rings. The predicted octanol–water partition coefficient (Wildman–Crippen LogP) is 5.28. The molecule has 0 fully saturated rings. The summed E-state index contributed by atoms with van der Waals surface area (Å²) in [4.78, 5) is 25.5. The Kier molecular flexibility index (Phi) is 11.2. The predicted molar refractivity (Wildman–Crippen MR) is 146 cm³/mol. The Morgan fingerprint density at radius 3 is 2.47 bits per heavy atom. The van der Waals surface area contributed by atoms with Crippen LogP contribution in [0.5, 0.6) is 11.5 Å². The second kappa shape index (κ2) is 14.6. The smallest absolute Gasteiger partial charge is 0.343 e. The van der Waals surface area contributed by atoms with Gasteiger partial charge in [-0.2, -0.15) is 0 Å². The third-order valence-corrected chi connectivity index (χ3v) is 6.24. The van der Waals surface area contributed by atoms with Crippen molar-refractivity contribution in [2.75, 3.05) is 33.5 Å². The fraction of sp³-hybridized carbons (Fsp3) is 0.379. The highest BCUT2D eigenvalue weighted by Gasteiger charge is 2.23. The van der Waals surface area contributed by atoms with Gasteiger partial charge in [0.15, 0.2) is 5.43 Å². The zero-order valence-electron chi connectivity index (χ0n) is 21.9. The van der Waals surface area contributed by atoms with Crippen LogP contribution in [0.4, 0.5) is 0 Å². The molecule has 1 N–H and O–H groups in total. The number of carbonyl (C=O) groups excluding carboxylic acids is 1. The minimum absolute atomic E-state index is 0.113. The highest BCUT2D eigenvalue weighted by molar-refractivity contribution is 6.32. The van der Waals surface area contributed by atoms with Crippen LogP contribution in [0, 0.1) is 0 Å². The van der Waals surface area contributed by atoms with E-state index in [9.17, 15) is 14.7 Å². The van der Waals surface area contributed by atoms with Gasteiger partial charge in [-0.25, -0.2) is 4.79 Å². The molecule has 8 nitrogen and oxygen atoms in total. The normalized spacial score (nSPS) is 11.7. The molecule has 0 radical (unpaired) electrons. The summed E-state index contributed by atoms with van der Waals surface area (Å²) in [5, 5.41) is 10.4. The number of aromatic nitrogens is 1. The number of methoxy groups -OCH3 is 1. The molecule has 2 aromatic carbocycles. The van der Waals surface area contributed by atoms with Gasteiger partial charge in [-0.1, -0.05) is 48.9 Å². The highest BCUT2D eigenvalue weighted by Crippen LogP contribution is 2.40. The fourth-order valence-electron chi connectivity index (χ4n) is 3.93. The molecule has 3 rings (SSSR count). The summed E-state index contributed by atoms with van der Waals surface area (Å²) in [5.41, 5.74) is 1.30. The van der Waals surface area contributed by atoms with Gasteiger partial charge in [0.05, 0.1) is 36.6 Å². The SMILES string of the molecule is CCOC(=O)c1cn([C@H](CC)CO)c(-c2cc(Cl)c(OCCCOC)cc2OCc2ccccc2)cc1=O. The lowest BCUT2D eigenvalue weighted by Crippen LogP contribution is -2.24. The van der Waals surface area contributed by atoms with Crippen LogP contribution in [-0.4, -0.2) is 49.2 Å². The molecule has 38 heavy (non-hydrogen) atoms. The largest absolute Gasteiger partial charge is 0.492 e. The van der Waals surface area contributed by atoms with E-state index in [1.165, 1.54) is 12.3 Å². The maximum atomic E-state index is 13.0. The van der Waals surface area contributed by atoms with E-state index in [2.05, 4.69) is 0 Å². The number of nitrogens with zero attached hydrogens (tertiary/aromatic N) is 1. The Balaban J connectivity index is 2.14. The summed E-state index contributed by atoms with van der Waals surface area (Å²) in [7, 11) is 1.62. The highest BCUT2D eigenvalue weighted by atomic mass is 35.5. The summed E-state index contributed by atoms with van der Waals surface area (Å²) in [6.45, 7) is 4.71. The fourth-order valence-corrected chi connectivity index (χ4v) is 4.15. The molecule has 9 heteroatoms. The van der Waals surface area contributed by atoms with E-state index in [1.807, 2.05) is 37.3 Å². The van der Waals surface area contributed by atoms with Crippen molar-refractivity contribution in [2.24, 2.45) is 0 Å². The van der Waals surface area contributed by atoms with Crippen molar-refractivity contribution < 1.29 is 28.8 Å². The van der Waals surface area contributed by atoms with Crippen molar-refractivity contribution in [3.8, 4) is 22.8 Å². The first-order valence-corrected chi connectivity index (χ1v) is 13.0. The van der Waals surface area contributed by atoms with Crippen molar-refractivity contribution in [2.45, 2.75) is 39.3 Å². The second-order valence-electron chi connectivity index (χ2n) is 8.56. The number of esters is 1. The number of rotatable bonds is 14. The first-order valence-electron chi connectivity index (χ1n) is 12.6. The van der Waals surface area contributed by atoms with Gasteiger partial charge in [-0.3, -0.25) is 4.79 Å². The molecule has 0 aliphatic heterocycles. The van der Waals surface area contributed by atoms with Crippen LogP contribution in [-0.2, 0) is 16.1 Å². The van der Waals surface area contributed by atoms with E-state index in [0.717, 1.165) is 5.56 Å². The average molecular weight is 544 g/mol. The maximum Gasteiger partial charge on any atom is 0.343 e. The Morgan fingerprint density at radius 1 is 1.05 bits per heavy atom.